The molecule has 24 heavy (non-hydrogen) atoms. The number of amides is 1. The highest BCUT2D eigenvalue weighted by molar-refractivity contribution is 5.94. The first-order valence-corrected chi connectivity index (χ1v) is 7.93. The summed E-state index contributed by atoms with van der Waals surface area (Å²) in [6, 6.07) is 7.44. The third-order valence-electron chi connectivity index (χ3n) is 4.18. The maximum absolute atomic E-state index is 12.7. The fraction of sp³-hybridized carbons (Fsp3) is 0.333. The van der Waals surface area contributed by atoms with Gasteiger partial charge in [-0.05, 0) is 30.5 Å². The molecular weight excluding hydrogens is 302 g/mol. The van der Waals surface area contributed by atoms with Crippen molar-refractivity contribution >= 4 is 11.4 Å². The van der Waals surface area contributed by atoms with Gasteiger partial charge in [-0.25, -0.2) is 15.0 Å². The first-order chi connectivity index (χ1) is 11.4. The van der Waals surface area contributed by atoms with Crippen molar-refractivity contribution in [1.29, 1.82) is 0 Å². The second kappa shape index (κ2) is 6.03. The van der Waals surface area contributed by atoms with Crippen LogP contribution in [-0.2, 0) is 0 Å². The van der Waals surface area contributed by atoms with Crippen LogP contribution < -0.4 is 5.32 Å². The number of imidazole rings is 1. The first-order valence-electron chi connectivity index (χ1n) is 7.93. The molecule has 1 amide bonds. The van der Waals surface area contributed by atoms with E-state index in [2.05, 4.69) is 41.0 Å². The minimum Gasteiger partial charge on any atom is -0.346 e. The third-order valence-corrected chi connectivity index (χ3v) is 4.18. The van der Waals surface area contributed by atoms with E-state index >= 15 is 0 Å². The second-order valence-electron chi connectivity index (χ2n) is 6.87. The van der Waals surface area contributed by atoms with Crippen LogP contribution in [0.25, 0.3) is 17.0 Å². The number of carbonyl (C=O) groups is 1. The Morgan fingerprint density at radius 2 is 1.88 bits per heavy atom. The summed E-state index contributed by atoms with van der Waals surface area (Å²) in [5.41, 5.74) is 1.37. The smallest absolute Gasteiger partial charge is 0.287 e. The van der Waals surface area contributed by atoms with Gasteiger partial charge in [0.1, 0.15) is 5.69 Å². The molecule has 1 unspecified atom stereocenters. The normalized spacial score (nSPS) is 13.0. The number of hydrogen-bond acceptors (Lipinski definition) is 4. The summed E-state index contributed by atoms with van der Waals surface area (Å²) in [7, 11) is 0. The lowest BCUT2D eigenvalue weighted by molar-refractivity contribution is 0.0899. The van der Waals surface area contributed by atoms with Crippen molar-refractivity contribution in [2.75, 3.05) is 0 Å². The quantitative estimate of drug-likeness (QED) is 0.804. The van der Waals surface area contributed by atoms with Crippen LogP contribution in [-0.4, -0.2) is 31.3 Å². The van der Waals surface area contributed by atoms with Gasteiger partial charge in [-0.1, -0.05) is 26.8 Å². The number of nitrogens with zero attached hydrogens (tertiary/aromatic N) is 4. The number of rotatable bonds is 3. The van der Waals surface area contributed by atoms with Crippen LogP contribution >= 0.6 is 0 Å². The Balaban J connectivity index is 2.05. The van der Waals surface area contributed by atoms with Crippen molar-refractivity contribution in [3.05, 3.63) is 48.7 Å². The van der Waals surface area contributed by atoms with Gasteiger partial charge in [0.25, 0.3) is 5.91 Å². The number of hydrogen-bond donors (Lipinski definition) is 1. The topological polar surface area (TPSA) is 72.2 Å². The maximum atomic E-state index is 12.7. The molecule has 0 bridgehead atoms. The van der Waals surface area contributed by atoms with Crippen LogP contribution in [0.4, 0.5) is 0 Å². The largest absolute Gasteiger partial charge is 0.346 e. The molecule has 0 aliphatic carbocycles. The maximum Gasteiger partial charge on any atom is 0.287 e. The monoisotopic (exact) mass is 323 g/mol. The molecule has 0 saturated heterocycles. The van der Waals surface area contributed by atoms with Gasteiger partial charge in [0.05, 0.1) is 5.52 Å². The molecule has 0 aromatic carbocycles. The summed E-state index contributed by atoms with van der Waals surface area (Å²) in [6.45, 7) is 8.26. The molecule has 0 fully saturated rings. The molecule has 124 valence electrons. The average molecular weight is 323 g/mol. The van der Waals surface area contributed by atoms with Crippen molar-refractivity contribution in [2.24, 2.45) is 5.41 Å². The van der Waals surface area contributed by atoms with E-state index < -0.39 is 0 Å². The van der Waals surface area contributed by atoms with Crippen molar-refractivity contribution in [3.8, 4) is 11.5 Å². The molecule has 3 aromatic heterocycles. The van der Waals surface area contributed by atoms with Crippen molar-refractivity contribution in [2.45, 2.75) is 33.7 Å². The lowest BCUT2D eigenvalue weighted by Crippen LogP contribution is -2.42. The Bertz CT molecular complexity index is 864. The molecule has 1 atom stereocenters. The Morgan fingerprint density at radius 1 is 1.17 bits per heavy atom. The standard InChI is InChI=1S/C18H21N5O/c1-12(18(2,3)4)21-17(24)16-22-14(15-19-9-7-10-20-15)13-8-5-6-11-23(13)16/h5-12H,1-4H3,(H,21,24). The number of aromatic nitrogens is 4. The van der Waals surface area contributed by atoms with E-state index in [4.69, 9.17) is 0 Å². The van der Waals surface area contributed by atoms with E-state index in [9.17, 15) is 4.79 Å². The molecule has 3 heterocycles. The Morgan fingerprint density at radius 3 is 2.54 bits per heavy atom. The van der Waals surface area contributed by atoms with E-state index in [0.29, 0.717) is 17.3 Å². The summed E-state index contributed by atoms with van der Waals surface area (Å²) in [4.78, 5) is 25.8. The van der Waals surface area contributed by atoms with Crippen molar-refractivity contribution < 1.29 is 4.79 Å². The van der Waals surface area contributed by atoms with Gasteiger partial charge in [0.15, 0.2) is 5.82 Å². The summed E-state index contributed by atoms with van der Waals surface area (Å²) in [5, 5.41) is 3.03. The second-order valence-corrected chi connectivity index (χ2v) is 6.87. The summed E-state index contributed by atoms with van der Waals surface area (Å²) < 4.78 is 1.77. The molecular formula is C18H21N5O. The van der Waals surface area contributed by atoms with E-state index in [1.807, 2.05) is 31.3 Å². The molecule has 6 nitrogen and oxygen atoms in total. The minimum atomic E-state index is -0.208. The van der Waals surface area contributed by atoms with Crippen LogP contribution in [0.2, 0.25) is 0 Å². The Labute approximate surface area is 141 Å². The van der Waals surface area contributed by atoms with Crippen LogP contribution in [0.1, 0.15) is 38.3 Å². The van der Waals surface area contributed by atoms with Crippen molar-refractivity contribution in [3.63, 3.8) is 0 Å². The summed E-state index contributed by atoms with van der Waals surface area (Å²) >= 11 is 0. The molecule has 3 rings (SSSR count). The van der Waals surface area contributed by atoms with Gasteiger partial charge in [-0.2, -0.15) is 0 Å². The number of fused-ring (bicyclic) bond motifs is 1. The van der Waals surface area contributed by atoms with Crippen LogP contribution in [0.15, 0.2) is 42.9 Å². The van der Waals surface area contributed by atoms with E-state index in [1.54, 1.807) is 22.9 Å². The highest BCUT2D eigenvalue weighted by Gasteiger charge is 2.25. The number of pyridine rings is 1. The van der Waals surface area contributed by atoms with Gasteiger partial charge >= 0.3 is 0 Å². The zero-order chi connectivity index (χ0) is 17.3. The lowest BCUT2D eigenvalue weighted by atomic mass is 9.88. The summed E-state index contributed by atoms with van der Waals surface area (Å²) in [5.74, 6) is 0.633. The minimum absolute atomic E-state index is 0.0116. The third kappa shape index (κ3) is 2.99. The number of nitrogens with one attached hydrogen (secondary N) is 1. The van der Waals surface area contributed by atoms with Crippen LogP contribution in [0.3, 0.4) is 0 Å². The average Bonchev–Trinajstić information content (AvgIpc) is 2.94. The zero-order valence-corrected chi connectivity index (χ0v) is 14.3. The number of carbonyl (C=O) groups excluding carboxylic acids is 1. The molecule has 0 spiro atoms. The highest BCUT2D eigenvalue weighted by atomic mass is 16.2. The molecule has 6 heteroatoms. The van der Waals surface area contributed by atoms with Gasteiger partial charge < -0.3 is 5.32 Å². The summed E-state index contributed by atoms with van der Waals surface area (Å²) in [6.07, 6.45) is 5.15. The highest BCUT2D eigenvalue weighted by Crippen LogP contribution is 2.23. The molecule has 3 aromatic rings. The van der Waals surface area contributed by atoms with Crippen LogP contribution in [0.5, 0.6) is 0 Å². The van der Waals surface area contributed by atoms with Crippen molar-refractivity contribution in [1.82, 2.24) is 24.7 Å². The molecule has 0 aliphatic rings. The van der Waals surface area contributed by atoms with Gasteiger partial charge in [0, 0.05) is 24.6 Å². The fourth-order valence-electron chi connectivity index (χ4n) is 2.26. The predicted octanol–water partition coefficient (Wildman–Crippen LogP) is 2.96. The SMILES string of the molecule is CC(NC(=O)c1nc(-c2ncccn2)c2ccccn12)C(C)(C)C. The molecule has 0 radical (unpaired) electrons. The zero-order valence-electron chi connectivity index (χ0n) is 14.3. The fourth-order valence-corrected chi connectivity index (χ4v) is 2.26. The van der Waals surface area contributed by atoms with E-state index in [-0.39, 0.29) is 17.4 Å². The Kier molecular flexibility index (Phi) is 4.05. The van der Waals surface area contributed by atoms with Crippen LogP contribution in [0, 0.1) is 5.41 Å². The van der Waals surface area contributed by atoms with Gasteiger partial charge in [0.2, 0.25) is 5.82 Å². The molecule has 1 N–H and O–H groups in total. The van der Waals surface area contributed by atoms with E-state index in [0.717, 1.165) is 5.52 Å². The van der Waals surface area contributed by atoms with E-state index in [1.165, 1.54) is 0 Å². The molecule has 0 saturated carbocycles. The van der Waals surface area contributed by atoms with Gasteiger partial charge in [-0.3, -0.25) is 9.20 Å². The van der Waals surface area contributed by atoms with Gasteiger partial charge in [-0.15, -0.1) is 0 Å². The lowest BCUT2D eigenvalue weighted by Gasteiger charge is -2.27. The Hall–Kier alpha value is -2.76. The predicted molar refractivity (Wildman–Crippen MR) is 92.6 cm³/mol. The molecule has 0 aliphatic heterocycles. The first kappa shape index (κ1) is 16.1.